The van der Waals surface area contributed by atoms with Crippen molar-refractivity contribution in [1.82, 2.24) is 9.55 Å². The summed E-state index contributed by atoms with van der Waals surface area (Å²) in [5, 5.41) is 1.16. The molecule has 2 N–H and O–H groups in total. The van der Waals surface area contributed by atoms with E-state index in [-0.39, 0.29) is 0 Å². The zero-order valence-corrected chi connectivity index (χ0v) is 12.0. The van der Waals surface area contributed by atoms with E-state index in [0.29, 0.717) is 6.54 Å². The molecular weight excluding hydrogens is 262 g/mol. The van der Waals surface area contributed by atoms with Crippen molar-refractivity contribution in [3.63, 3.8) is 0 Å². The molecule has 3 aromatic rings. The van der Waals surface area contributed by atoms with Gasteiger partial charge in [0, 0.05) is 16.6 Å². The summed E-state index contributed by atoms with van der Waals surface area (Å²) in [6.07, 6.45) is 6.72. The van der Waals surface area contributed by atoms with Crippen molar-refractivity contribution in [2.24, 2.45) is 5.73 Å². The van der Waals surface area contributed by atoms with Gasteiger partial charge in [0.15, 0.2) is 0 Å². The van der Waals surface area contributed by atoms with Crippen LogP contribution in [0.5, 0.6) is 0 Å². The van der Waals surface area contributed by atoms with Gasteiger partial charge < -0.3 is 14.7 Å². The molecule has 4 nitrogen and oxygen atoms in total. The number of nitrogens with zero attached hydrogens (tertiary/aromatic N) is 2. The Balaban J connectivity index is 1.79. The van der Waals surface area contributed by atoms with Crippen LogP contribution in [-0.4, -0.2) is 9.55 Å². The molecule has 0 radical (unpaired) electrons. The Kier molecular flexibility index (Phi) is 3.04. The van der Waals surface area contributed by atoms with Crippen LogP contribution in [0.4, 0.5) is 0 Å². The molecule has 21 heavy (non-hydrogen) atoms. The number of nitrogens with two attached hydrogens (primary N) is 1. The lowest BCUT2D eigenvalue weighted by atomic mass is 10.0. The van der Waals surface area contributed by atoms with E-state index in [4.69, 9.17) is 10.2 Å². The quantitative estimate of drug-likeness (QED) is 0.803. The van der Waals surface area contributed by atoms with Gasteiger partial charge in [0.05, 0.1) is 25.1 Å². The summed E-state index contributed by atoms with van der Waals surface area (Å²) in [6, 6.07) is 8.15. The monoisotopic (exact) mass is 281 g/mol. The number of benzene rings is 1. The molecule has 0 amide bonds. The first-order chi connectivity index (χ1) is 10.4. The van der Waals surface area contributed by atoms with Crippen molar-refractivity contribution >= 4 is 11.0 Å². The molecule has 0 spiro atoms. The Bertz CT molecular complexity index is 785. The van der Waals surface area contributed by atoms with Crippen LogP contribution < -0.4 is 5.73 Å². The first-order valence-corrected chi connectivity index (χ1v) is 7.59. The zero-order valence-electron chi connectivity index (χ0n) is 12.0. The maximum absolute atomic E-state index is 5.88. The highest BCUT2D eigenvalue weighted by molar-refractivity contribution is 5.82. The first-order valence-electron chi connectivity index (χ1n) is 7.59. The number of hydrogen-bond donors (Lipinski definition) is 1. The molecule has 4 rings (SSSR count). The fourth-order valence-electron chi connectivity index (χ4n) is 3.33. The number of imidazole rings is 1. The van der Waals surface area contributed by atoms with E-state index in [0.717, 1.165) is 36.1 Å². The second-order valence-corrected chi connectivity index (χ2v) is 5.68. The summed E-state index contributed by atoms with van der Waals surface area (Å²) in [5.41, 5.74) is 10.6. The number of para-hydroxylation sites is 1. The number of rotatable bonds is 3. The average molecular weight is 281 g/mol. The van der Waals surface area contributed by atoms with Gasteiger partial charge in [-0.15, -0.1) is 0 Å². The zero-order chi connectivity index (χ0) is 14.2. The van der Waals surface area contributed by atoms with E-state index >= 15 is 0 Å². The molecule has 0 fully saturated rings. The molecule has 0 atom stereocenters. The Morgan fingerprint density at radius 2 is 2.05 bits per heavy atom. The van der Waals surface area contributed by atoms with Crippen molar-refractivity contribution in [2.75, 3.05) is 0 Å². The highest BCUT2D eigenvalue weighted by atomic mass is 16.3. The third kappa shape index (κ3) is 2.07. The normalized spacial score (nSPS) is 14.5. The Morgan fingerprint density at radius 3 is 2.95 bits per heavy atom. The van der Waals surface area contributed by atoms with Crippen molar-refractivity contribution in [3.05, 3.63) is 53.3 Å². The number of furan rings is 1. The largest absolute Gasteiger partial charge is 0.459 e. The lowest BCUT2D eigenvalue weighted by Gasteiger charge is -2.14. The van der Waals surface area contributed by atoms with Gasteiger partial charge in [-0.2, -0.15) is 0 Å². The van der Waals surface area contributed by atoms with Gasteiger partial charge in [-0.3, -0.25) is 0 Å². The fraction of sp³-hybridized carbons (Fsp3) is 0.353. The van der Waals surface area contributed by atoms with E-state index in [2.05, 4.69) is 15.6 Å². The molecule has 0 aliphatic heterocycles. The number of aryl methyl sites for hydroxylation is 1. The van der Waals surface area contributed by atoms with E-state index in [1.165, 1.54) is 29.8 Å². The predicted molar refractivity (Wildman–Crippen MR) is 82.1 cm³/mol. The summed E-state index contributed by atoms with van der Waals surface area (Å²) in [5.74, 6) is 0.884. The summed E-state index contributed by atoms with van der Waals surface area (Å²) in [4.78, 5) is 4.57. The Morgan fingerprint density at radius 1 is 1.19 bits per heavy atom. The minimum absolute atomic E-state index is 0.431. The van der Waals surface area contributed by atoms with Crippen molar-refractivity contribution in [3.8, 4) is 0 Å². The average Bonchev–Trinajstić information content (AvgIpc) is 3.10. The minimum atomic E-state index is 0.431. The molecular formula is C17H19N3O. The lowest BCUT2D eigenvalue weighted by Crippen LogP contribution is -2.10. The van der Waals surface area contributed by atoms with Crippen molar-refractivity contribution in [2.45, 2.75) is 38.8 Å². The van der Waals surface area contributed by atoms with Gasteiger partial charge in [-0.25, -0.2) is 4.98 Å². The number of aromatic nitrogens is 2. The minimum Gasteiger partial charge on any atom is -0.459 e. The second kappa shape index (κ2) is 5.04. The molecule has 108 valence electrons. The second-order valence-electron chi connectivity index (χ2n) is 5.68. The molecule has 0 saturated carbocycles. The summed E-state index contributed by atoms with van der Waals surface area (Å²) >= 11 is 0. The molecule has 2 aromatic heterocycles. The fourth-order valence-corrected chi connectivity index (χ4v) is 3.33. The molecule has 2 heterocycles. The predicted octanol–water partition coefficient (Wildman–Crippen LogP) is 3.02. The topological polar surface area (TPSA) is 57.0 Å². The Labute approximate surface area is 123 Å². The van der Waals surface area contributed by atoms with Gasteiger partial charge in [0.1, 0.15) is 11.3 Å². The van der Waals surface area contributed by atoms with Crippen LogP contribution in [0.2, 0.25) is 0 Å². The van der Waals surface area contributed by atoms with E-state index in [1.807, 2.05) is 24.5 Å². The van der Waals surface area contributed by atoms with Crippen LogP contribution >= 0.6 is 0 Å². The van der Waals surface area contributed by atoms with Crippen LogP contribution in [0.3, 0.4) is 0 Å². The first kappa shape index (κ1) is 12.7. The number of fused-ring (bicyclic) bond motifs is 2. The van der Waals surface area contributed by atoms with Gasteiger partial charge in [0.25, 0.3) is 0 Å². The van der Waals surface area contributed by atoms with Crippen molar-refractivity contribution in [1.29, 1.82) is 0 Å². The summed E-state index contributed by atoms with van der Waals surface area (Å²) < 4.78 is 8.15. The van der Waals surface area contributed by atoms with Crippen LogP contribution in [0.1, 0.15) is 35.6 Å². The standard InChI is InChI=1S/C17H19N3O/c18-9-17-13(12-5-1-4-8-16(12)21-17)10-20-11-19-14-6-2-3-7-15(14)20/h1,4-5,8,11H,2-3,6-7,9-10,18H2. The summed E-state index contributed by atoms with van der Waals surface area (Å²) in [6.45, 7) is 1.23. The maximum Gasteiger partial charge on any atom is 0.134 e. The molecule has 1 aromatic carbocycles. The summed E-state index contributed by atoms with van der Waals surface area (Å²) in [7, 11) is 0. The molecule has 4 heteroatoms. The molecule has 1 aliphatic rings. The van der Waals surface area contributed by atoms with Crippen LogP contribution in [-0.2, 0) is 25.9 Å². The smallest absolute Gasteiger partial charge is 0.134 e. The third-order valence-corrected chi connectivity index (χ3v) is 4.41. The molecule has 0 saturated heterocycles. The lowest BCUT2D eigenvalue weighted by molar-refractivity contribution is 0.540. The third-order valence-electron chi connectivity index (χ3n) is 4.41. The molecule has 1 aliphatic carbocycles. The van der Waals surface area contributed by atoms with Gasteiger partial charge in [-0.05, 0) is 31.7 Å². The van der Waals surface area contributed by atoms with Crippen molar-refractivity contribution < 1.29 is 4.42 Å². The molecule has 0 unspecified atom stereocenters. The SMILES string of the molecule is NCc1oc2ccccc2c1Cn1cnc2c1CCCC2. The van der Waals surface area contributed by atoms with Gasteiger partial charge in [-0.1, -0.05) is 18.2 Å². The van der Waals surface area contributed by atoms with Crippen LogP contribution in [0.15, 0.2) is 35.0 Å². The highest BCUT2D eigenvalue weighted by Crippen LogP contribution is 2.28. The molecule has 0 bridgehead atoms. The van der Waals surface area contributed by atoms with E-state index < -0.39 is 0 Å². The Hall–Kier alpha value is -2.07. The van der Waals surface area contributed by atoms with Gasteiger partial charge >= 0.3 is 0 Å². The highest BCUT2D eigenvalue weighted by Gasteiger charge is 2.18. The van der Waals surface area contributed by atoms with E-state index in [1.54, 1.807) is 0 Å². The number of hydrogen-bond acceptors (Lipinski definition) is 3. The van der Waals surface area contributed by atoms with E-state index in [9.17, 15) is 0 Å². The van der Waals surface area contributed by atoms with Gasteiger partial charge in [0.2, 0.25) is 0 Å². The van der Waals surface area contributed by atoms with Crippen LogP contribution in [0.25, 0.3) is 11.0 Å². The maximum atomic E-state index is 5.88. The van der Waals surface area contributed by atoms with Crippen LogP contribution in [0, 0.1) is 0 Å².